The fourth-order valence-corrected chi connectivity index (χ4v) is 6.44. The second-order valence-corrected chi connectivity index (χ2v) is 13.3. The molecule has 0 bridgehead atoms. The van der Waals surface area contributed by atoms with Gasteiger partial charge in [0.15, 0.2) is 18.2 Å². The molecule has 4 rings (SSSR count). The van der Waals surface area contributed by atoms with Gasteiger partial charge in [-0.25, -0.2) is 0 Å². The lowest BCUT2D eigenvalue weighted by Crippen LogP contribution is -2.45. The van der Waals surface area contributed by atoms with E-state index in [2.05, 4.69) is 85.9 Å². The minimum absolute atomic E-state index is 0.00567. The Labute approximate surface area is 269 Å². The highest BCUT2D eigenvalue weighted by molar-refractivity contribution is 8.76. The lowest BCUT2D eigenvalue weighted by Gasteiger charge is -2.05. The van der Waals surface area contributed by atoms with Gasteiger partial charge in [0.2, 0.25) is 24.5 Å². The molecule has 7 heteroatoms. The Balaban J connectivity index is 1.10. The lowest BCUT2D eigenvalue weighted by atomic mass is 10.1. The summed E-state index contributed by atoms with van der Waals surface area (Å²) in [5.41, 5.74) is 6.71. The third-order valence-electron chi connectivity index (χ3n) is 6.93. The number of hydrogen-bond donors (Lipinski definition) is 1. The first-order valence-corrected chi connectivity index (χ1v) is 17.4. The molecule has 226 valence electrons. The third kappa shape index (κ3) is 11.6. The van der Waals surface area contributed by atoms with Crippen molar-refractivity contribution < 1.29 is 18.7 Å². The van der Waals surface area contributed by atoms with E-state index in [0.29, 0.717) is 19.5 Å². The summed E-state index contributed by atoms with van der Waals surface area (Å²) >= 11 is 0. The Hall–Kier alpha value is -3.94. The van der Waals surface area contributed by atoms with Gasteiger partial charge in [0, 0.05) is 60.9 Å². The van der Waals surface area contributed by atoms with E-state index in [4.69, 9.17) is 0 Å². The van der Waals surface area contributed by atoms with Gasteiger partial charge in [0.1, 0.15) is 0 Å². The van der Waals surface area contributed by atoms with Crippen LogP contribution in [0, 0.1) is 13.8 Å². The molecule has 0 aliphatic carbocycles. The SMILES string of the molecule is Cc1ccc(/C=C/c2cccc[n+]2CC(=O)CCCSSCCNC(=O)C[n+]2ccccc2/C=C/c2ccc(C)cc2)cc1. The Morgan fingerprint density at radius 1 is 0.659 bits per heavy atom. The standard InChI is InChI=1S/C37H40N3O2S2/c1-30-11-15-32(16-12-30)19-21-34-8-3-5-24-39(34)28-36(41)10-7-26-43-44-27-23-38-37(42)29-40-25-6-4-9-35(40)22-20-33-17-13-31(2)14-18-33/h3-6,8-9,11-22,24-25H,7,10,23,26-29H2,1-2H3/q+1/p+1/b21-19+,22-20+. The number of aromatic nitrogens is 2. The lowest BCUT2D eigenvalue weighted by molar-refractivity contribution is -0.686. The van der Waals surface area contributed by atoms with Crippen molar-refractivity contribution in [2.75, 3.05) is 18.1 Å². The Morgan fingerprint density at radius 3 is 1.75 bits per heavy atom. The molecule has 44 heavy (non-hydrogen) atoms. The predicted molar refractivity (Wildman–Crippen MR) is 186 cm³/mol. The molecule has 2 heterocycles. The molecule has 2 aromatic heterocycles. The number of hydrogen-bond acceptors (Lipinski definition) is 4. The molecule has 0 spiro atoms. The summed E-state index contributed by atoms with van der Waals surface area (Å²) in [6.45, 7) is 5.42. The van der Waals surface area contributed by atoms with Crippen LogP contribution in [0.15, 0.2) is 97.3 Å². The van der Waals surface area contributed by atoms with Crippen LogP contribution in [0.25, 0.3) is 24.3 Å². The summed E-state index contributed by atoms with van der Waals surface area (Å²) in [5.74, 6) is 1.95. The average molecular weight is 624 g/mol. The van der Waals surface area contributed by atoms with Crippen LogP contribution < -0.4 is 14.5 Å². The zero-order valence-electron chi connectivity index (χ0n) is 25.5. The van der Waals surface area contributed by atoms with Gasteiger partial charge in [-0.2, -0.15) is 9.13 Å². The van der Waals surface area contributed by atoms with E-state index in [-0.39, 0.29) is 18.2 Å². The first-order valence-electron chi connectivity index (χ1n) is 15.0. The van der Waals surface area contributed by atoms with Crippen LogP contribution in [0.4, 0.5) is 0 Å². The van der Waals surface area contributed by atoms with E-state index in [1.807, 2.05) is 64.0 Å². The molecule has 0 aliphatic rings. The first kappa shape index (κ1) is 33.0. The van der Waals surface area contributed by atoms with Crippen molar-refractivity contribution in [1.82, 2.24) is 5.32 Å². The molecule has 0 aliphatic heterocycles. The van der Waals surface area contributed by atoms with Gasteiger partial charge >= 0.3 is 0 Å². The molecule has 0 atom stereocenters. The van der Waals surface area contributed by atoms with Crippen molar-refractivity contribution in [2.45, 2.75) is 39.8 Å². The number of nitrogens with zero attached hydrogens (tertiary/aromatic N) is 2. The number of ketones is 1. The van der Waals surface area contributed by atoms with Gasteiger partial charge in [-0.05, 0) is 55.7 Å². The predicted octanol–water partition coefficient (Wildman–Crippen LogP) is 6.77. The van der Waals surface area contributed by atoms with Crippen LogP contribution in [0.3, 0.4) is 0 Å². The van der Waals surface area contributed by atoms with Gasteiger partial charge in [-0.15, -0.1) is 0 Å². The molecule has 0 saturated heterocycles. The number of amides is 1. The summed E-state index contributed by atoms with van der Waals surface area (Å²) in [7, 11) is 3.49. The van der Waals surface area contributed by atoms with Gasteiger partial charge in [-0.3, -0.25) is 9.59 Å². The fourth-order valence-electron chi connectivity index (χ4n) is 4.45. The summed E-state index contributed by atoms with van der Waals surface area (Å²) in [4.78, 5) is 25.2. The van der Waals surface area contributed by atoms with Crippen molar-refractivity contribution in [3.63, 3.8) is 0 Å². The zero-order chi connectivity index (χ0) is 31.0. The van der Waals surface area contributed by atoms with Gasteiger partial charge in [-0.1, -0.05) is 81.2 Å². The molecular weight excluding hydrogens is 583 g/mol. The van der Waals surface area contributed by atoms with E-state index in [1.54, 1.807) is 21.6 Å². The van der Waals surface area contributed by atoms with E-state index in [1.165, 1.54) is 11.1 Å². The summed E-state index contributed by atoms with van der Waals surface area (Å²) in [6.07, 6.45) is 13.5. The monoisotopic (exact) mass is 623 g/mol. The number of nitrogens with one attached hydrogen (secondary N) is 1. The number of aryl methyl sites for hydroxylation is 2. The highest BCUT2D eigenvalue weighted by atomic mass is 33.1. The first-order chi connectivity index (χ1) is 21.5. The fraction of sp³-hybridized carbons (Fsp3) is 0.243. The van der Waals surface area contributed by atoms with Crippen molar-refractivity contribution in [1.29, 1.82) is 0 Å². The number of carbonyl (C=O) groups is 2. The summed E-state index contributed by atoms with van der Waals surface area (Å²) in [6, 6.07) is 28.7. The maximum Gasteiger partial charge on any atom is 0.286 e. The zero-order valence-corrected chi connectivity index (χ0v) is 27.2. The van der Waals surface area contributed by atoms with E-state index in [0.717, 1.165) is 40.4 Å². The molecule has 0 unspecified atom stereocenters. The van der Waals surface area contributed by atoms with Crippen molar-refractivity contribution in [3.05, 3.63) is 131 Å². The van der Waals surface area contributed by atoms with Gasteiger partial charge in [0.05, 0.1) is 0 Å². The maximum absolute atomic E-state index is 12.7. The molecule has 0 fully saturated rings. The Kier molecular flexibility index (Phi) is 13.5. The van der Waals surface area contributed by atoms with E-state index >= 15 is 0 Å². The number of pyridine rings is 2. The summed E-state index contributed by atoms with van der Waals surface area (Å²) in [5, 5.41) is 3.02. The van der Waals surface area contributed by atoms with Gasteiger partial charge < -0.3 is 5.32 Å². The second-order valence-electron chi connectivity index (χ2n) is 10.6. The quantitative estimate of drug-likeness (QED) is 0.0851. The summed E-state index contributed by atoms with van der Waals surface area (Å²) < 4.78 is 3.96. The smallest absolute Gasteiger partial charge is 0.286 e. The van der Waals surface area contributed by atoms with Crippen LogP contribution in [-0.2, 0) is 22.7 Å². The van der Waals surface area contributed by atoms with Crippen LogP contribution in [-0.4, -0.2) is 29.7 Å². The Morgan fingerprint density at radius 2 is 1.18 bits per heavy atom. The molecule has 0 saturated carbocycles. The highest BCUT2D eigenvalue weighted by Gasteiger charge is 2.14. The number of rotatable bonds is 16. The van der Waals surface area contributed by atoms with E-state index < -0.39 is 0 Å². The largest absolute Gasteiger partial charge is 0.350 e. The van der Waals surface area contributed by atoms with Crippen molar-refractivity contribution in [3.8, 4) is 0 Å². The minimum atomic E-state index is -0.00567. The number of carbonyl (C=O) groups excluding carboxylic acids is 2. The average Bonchev–Trinajstić information content (AvgIpc) is 3.03. The van der Waals surface area contributed by atoms with Crippen molar-refractivity contribution in [2.24, 2.45) is 0 Å². The highest BCUT2D eigenvalue weighted by Crippen LogP contribution is 2.21. The van der Waals surface area contributed by atoms with Crippen LogP contribution in [0.2, 0.25) is 0 Å². The second kappa shape index (κ2) is 18.0. The Bertz CT molecular complexity index is 1450. The third-order valence-corrected chi connectivity index (χ3v) is 9.43. The van der Waals surface area contributed by atoms with Crippen LogP contribution in [0.1, 0.15) is 46.5 Å². The molecule has 1 amide bonds. The van der Waals surface area contributed by atoms with Crippen LogP contribution >= 0.6 is 21.6 Å². The minimum Gasteiger partial charge on any atom is -0.350 e. The van der Waals surface area contributed by atoms with Gasteiger partial charge in [0.25, 0.3) is 5.91 Å². The topological polar surface area (TPSA) is 53.9 Å². The van der Waals surface area contributed by atoms with Crippen molar-refractivity contribution >= 4 is 57.6 Å². The van der Waals surface area contributed by atoms with E-state index in [9.17, 15) is 9.59 Å². The number of benzene rings is 2. The molecular formula is C37H41N3O2S2+2. The normalized spacial score (nSPS) is 11.3. The maximum atomic E-state index is 12.7. The molecule has 4 aromatic rings. The molecule has 1 N–H and O–H groups in total. The molecule has 5 nitrogen and oxygen atoms in total. The van der Waals surface area contributed by atoms with Crippen LogP contribution in [0.5, 0.6) is 0 Å². The molecule has 2 aromatic carbocycles. The number of Topliss-reactive ketones (excluding diaryl/α,β-unsaturated/α-hetero) is 1. The molecule has 0 radical (unpaired) electrons.